The van der Waals surface area contributed by atoms with E-state index in [0.29, 0.717) is 23.5 Å². The van der Waals surface area contributed by atoms with E-state index in [1.807, 2.05) is 20.8 Å². The van der Waals surface area contributed by atoms with E-state index >= 15 is 0 Å². The Labute approximate surface area is 196 Å². The van der Waals surface area contributed by atoms with Gasteiger partial charge in [-0.15, -0.1) is 0 Å². The second-order valence-corrected chi connectivity index (χ2v) is 11.1. The minimum atomic E-state index is -3.43. The van der Waals surface area contributed by atoms with Gasteiger partial charge in [-0.1, -0.05) is 6.92 Å². The number of amides is 3. The van der Waals surface area contributed by atoms with Gasteiger partial charge >= 0.3 is 6.03 Å². The second-order valence-electron chi connectivity index (χ2n) is 9.01. The number of aliphatic hydroxyl groups excluding tert-OH is 1. The summed E-state index contributed by atoms with van der Waals surface area (Å²) in [5, 5.41) is 15.2. The number of hydrogen-bond acceptors (Lipinski definition) is 6. The summed E-state index contributed by atoms with van der Waals surface area (Å²) in [5.74, 6) is 0.0530. The van der Waals surface area contributed by atoms with Crippen LogP contribution in [0.3, 0.4) is 0 Å². The van der Waals surface area contributed by atoms with Gasteiger partial charge in [0.1, 0.15) is 11.9 Å². The maximum atomic E-state index is 13.1. The van der Waals surface area contributed by atoms with Crippen LogP contribution in [-0.4, -0.2) is 85.9 Å². The van der Waals surface area contributed by atoms with Crippen molar-refractivity contribution in [2.24, 2.45) is 5.92 Å². The molecule has 0 aromatic heterocycles. The number of carbonyl (C=O) groups excluding carboxylic acids is 2. The van der Waals surface area contributed by atoms with Gasteiger partial charge in [-0.2, -0.15) is 0 Å². The molecule has 2 rings (SSSR count). The fourth-order valence-corrected chi connectivity index (χ4v) is 3.96. The molecule has 0 saturated carbocycles. The van der Waals surface area contributed by atoms with Gasteiger partial charge in [0.25, 0.3) is 0 Å². The van der Waals surface area contributed by atoms with Crippen LogP contribution < -0.4 is 15.4 Å². The molecule has 0 unspecified atom stereocenters. The van der Waals surface area contributed by atoms with Crippen molar-refractivity contribution in [3.63, 3.8) is 0 Å². The molecule has 1 aromatic rings. The van der Waals surface area contributed by atoms with E-state index < -0.39 is 22.2 Å². The summed E-state index contributed by atoms with van der Waals surface area (Å²) in [6, 6.07) is 4.23. The lowest BCUT2D eigenvalue weighted by molar-refractivity contribution is -0.134. The summed E-state index contributed by atoms with van der Waals surface area (Å²) in [4.78, 5) is 26.9. The number of likely N-dealkylation sites (N-methyl/N-ethyl adjacent to an activating group) is 1. The average molecular weight is 485 g/mol. The Morgan fingerprint density at radius 2 is 2.00 bits per heavy atom. The number of benzene rings is 1. The Morgan fingerprint density at radius 1 is 1.33 bits per heavy atom. The van der Waals surface area contributed by atoms with Crippen LogP contribution in [0.5, 0.6) is 5.75 Å². The summed E-state index contributed by atoms with van der Waals surface area (Å²) in [5.41, 5.74) is 1.07. The molecule has 0 spiro atoms. The van der Waals surface area contributed by atoms with Crippen molar-refractivity contribution in [2.75, 3.05) is 38.3 Å². The molecule has 0 fully saturated rings. The van der Waals surface area contributed by atoms with Crippen molar-refractivity contribution in [1.29, 1.82) is 0 Å². The molecule has 0 radical (unpaired) electrons. The van der Waals surface area contributed by atoms with E-state index in [9.17, 15) is 23.1 Å². The van der Waals surface area contributed by atoms with Crippen molar-refractivity contribution < 1.29 is 27.9 Å². The Hall–Kier alpha value is -2.37. The van der Waals surface area contributed by atoms with Crippen LogP contribution in [0, 0.1) is 5.92 Å². The topological polar surface area (TPSA) is 128 Å². The van der Waals surface area contributed by atoms with Crippen LogP contribution in [-0.2, 0) is 21.2 Å². The van der Waals surface area contributed by atoms with Gasteiger partial charge < -0.3 is 25.4 Å². The van der Waals surface area contributed by atoms with Gasteiger partial charge in [0, 0.05) is 36.8 Å². The molecule has 1 aliphatic rings. The first-order valence-corrected chi connectivity index (χ1v) is 12.8. The summed E-state index contributed by atoms with van der Waals surface area (Å²) in [7, 11) is -1.95. The molecule has 3 amide bonds. The summed E-state index contributed by atoms with van der Waals surface area (Å²) in [6.07, 6.45) is 0.609. The Balaban J connectivity index is 2.43. The van der Waals surface area contributed by atoms with Gasteiger partial charge in [-0.3, -0.25) is 4.79 Å². The van der Waals surface area contributed by atoms with E-state index in [4.69, 9.17) is 4.74 Å². The number of nitrogens with one attached hydrogen (secondary N) is 2. The summed E-state index contributed by atoms with van der Waals surface area (Å²) in [6.45, 7) is 7.56. The predicted molar refractivity (Wildman–Crippen MR) is 127 cm³/mol. The molecule has 0 saturated heterocycles. The zero-order chi connectivity index (χ0) is 24.9. The first-order valence-electron chi connectivity index (χ1n) is 11.0. The molecule has 1 heterocycles. The van der Waals surface area contributed by atoms with Crippen LogP contribution in [0.25, 0.3) is 0 Å². The predicted octanol–water partition coefficient (Wildman–Crippen LogP) is 1.26. The number of fused-ring (bicyclic) bond motifs is 1. The van der Waals surface area contributed by atoms with Crippen LogP contribution >= 0.6 is 0 Å². The van der Waals surface area contributed by atoms with Crippen molar-refractivity contribution >= 4 is 27.6 Å². The van der Waals surface area contributed by atoms with Gasteiger partial charge in [-0.05, 0) is 39.0 Å². The third-order valence-corrected chi connectivity index (χ3v) is 6.88. The van der Waals surface area contributed by atoms with Crippen LogP contribution in [0.2, 0.25) is 0 Å². The Kier molecular flexibility index (Phi) is 9.10. The zero-order valence-electron chi connectivity index (χ0n) is 20.2. The van der Waals surface area contributed by atoms with Crippen molar-refractivity contribution in [3.8, 4) is 5.75 Å². The number of urea groups is 1. The minimum Gasteiger partial charge on any atom is -0.488 e. The van der Waals surface area contributed by atoms with E-state index in [1.165, 1.54) is 11.4 Å². The van der Waals surface area contributed by atoms with Crippen LogP contribution in [0.1, 0.15) is 33.3 Å². The quantitative estimate of drug-likeness (QED) is 0.535. The number of hydrogen-bond donors (Lipinski definition) is 3. The fraction of sp³-hybridized carbons (Fsp3) is 0.636. The lowest BCUT2D eigenvalue weighted by atomic mass is 10.0. The Morgan fingerprint density at radius 3 is 2.58 bits per heavy atom. The number of ether oxygens (including phenoxy) is 1. The van der Waals surface area contributed by atoms with Crippen LogP contribution in [0.4, 0.5) is 10.5 Å². The number of aliphatic hydroxyl groups is 1. The molecule has 0 bridgehead atoms. The highest BCUT2D eigenvalue weighted by Crippen LogP contribution is 2.29. The minimum absolute atomic E-state index is 0.0162. The average Bonchev–Trinajstić information content (AvgIpc) is 2.74. The molecular formula is C22H36N4O6S. The Bertz CT molecular complexity index is 952. The number of sulfonamides is 1. The maximum absolute atomic E-state index is 13.1. The van der Waals surface area contributed by atoms with E-state index in [2.05, 4.69) is 10.6 Å². The zero-order valence-corrected chi connectivity index (χ0v) is 21.0. The SMILES string of the molecule is CC(C)NC(=O)Nc1ccc2c(c1)CC(=O)N([C@@H](C)CO)C[C@@H](C)[C@H](CN(C)S(C)(=O)=O)O2. The first-order chi connectivity index (χ1) is 15.3. The second kappa shape index (κ2) is 11.2. The third-order valence-electron chi connectivity index (χ3n) is 5.60. The molecule has 1 aromatic carbocycles. The summed E-state index contributed by atoms with van der Waals surface area (Å²) < 4.78 is 31.5. The number of nitrogens with zero attached hydrogens (tertiary/aromatic N) is 2. The molecular weight excluding hydrogens is 448 g/mol. The molecule has 1 aliphatic heterocycles. The molecule has 3 atom stereocenters. The monoisotopic (exact) mass is 484 g/mol. The highest BCUT2D eigenvalue weighted by Gasteiger charge is 2.32. The lowest BCUT2D eigenvalue weighted by Gasteiger charge is -2.33. The molecule has 10 nitrogen and oxygen atoms in total. The molecule has 186 valence electrons. The highest BCUT2D eigenvalue weighted by molar-refractivity contribution is 7.88. The third kappa shape index (κ3) is 7.58. The molecule has 11 heteroatoms. The summed E-state index contributed by atoms with van der Waals surface area (Å²) >= 11 is 0. The highest BCUT2D eigenvalue weighted by atomic mass is 32.2. The van der Waals surface area contributed by atoms with Gasteiger partial charge in [0.15, 0.2) is 0 Å². The number of rotatable bonds is 7. The number of anilines is 1. The normalized spacial score (nSPS) is 20.4. The van der Waals surface area contributed by atoms with E-state index in [-0.39, 0.29) is 43.5 Å². The van der Waals surface area contributed by atoms with E-state index in [1.54, 1.807) is 30.0 Å². The van der Waals surface area contributed by atoms with E-state index in [0.717, 1.165) is 6.26 Å². The van der Waals surface area contributed by atoms with Crippen molar-refractivity contribution in [2.45, 2.75) is 52.3 Å². The molecule has 33 heavy (non-hydrogen) atoms. The number of carbonyl (C=O) groups is 2. The van der Waals surface area contributed by atoms with Crippen molar-refractivity contribution in [1.82, 2.24) is 14.5 Å². The van der Waals surface area contributed by atoms with Gasteiger partial charge in [0.2, 0.25) is 15.9 Å². The van der Waals surface area contributed by atoms with Crippen LogP contribution in [0.15, 0.2) is 18.2 Å². The maximum Gasteiger partial charge on any atom is 0.319 e. The van der Waals surface area contributed by atoms with Gasteiger partial charge in [0.05, 0.1) is 31.9 Å². The smallest absolute Gasteiger partial charge is 0.319 e. The fourth-order valence-electron chi connectivity index (χ4n) is 3.54. The van der Waals surface area contributed by atoms with Gasteiger partial charge in [-0.25, -0.2) is 17.5 Å². The molecule has 3 N–H and O–H groups in total. The van der Waals surface area contributed by atoms with Crippen molar-refractivity contribution in [3.05, 3.63) is 23.8 Å². The first kappa shape index (κ1) is 26.9. The lowest BCUT2D eigenvalue weighted by Crippen LogP contribution is -2.48. The molecule has 0 aliphatic carbocycles. The standard InChI is InChI=1S/C22H36N4O6S/c1-14(2)23-22(29)24-18-7-8-19-17(9-18)10-21(28)26(16(4)13-27)11-15(3)20(32-19)12-25(5)33(6,30)31/h7-9,14-16,20,27H,10-13H2,1-6H3,(H2,23,24,29)/t15-,16+,20+/m1/s1. The largest absolute Gasteiger partial charge is 0.488 e.